The summed E-state index contributed by atoms with van der Waals surface area (Å²) >= 11 is 0. The Hall–Kier alpha value is -2.13. The van der Waals surface area contributed by atoms with Gasteiger partial charge in [0.05, 0.1) is 6.61 Å². The van der Waals surface area contributed by atoms with E-state index in [9.17, 15) is 37.9 Å². The van der Waals surface area contributed by atoms with Crippen LogP contribution < -0.4 is 0 Å². The number of ether oxygens (including phenoxy) is 4. The van der Waals surface area contributed by atoms with Crippen LogP contribution in [0.25, 0.3) is 0 Å². The van der Waals surface area contributed by atoms with Crippen molar-refractivity contribution >= 4 is 22.1 Å². The minimum atomic E-state index is -4.60. The van der Waals surface area contributed by atoms with Gasteiger partial charge in [0.1, 0.15) is 36.8 Å². The fourth-order valence-corrected chi connectivity index (χ4v) is 6.67. The van der Waals surface area contributed by atoms with Crippen LogP contribution in [0.3, 0.4) is 0 Å². The van der Waals surface area contributed by atoms with Gasteiger partial charge in [0, 0.05) is 12.8 Å². The van der Waals surface area contributed by atoms with Crippen molar-refractivity contribution < 1.29 is 56.8 Å². The lowest BCUT2D eigenvalue weighted by molar-refractivity contribution is -0.297. The van der Waals surface area contributed by atoms with Crippen LogP contribution in [-0.4, -0.2) is 96.0 Å². The molecule has 314 valence electrons. The van der Waals surface area contributed by atoms with E-state index in [1.807, 2.05) is 0 Å². The van der Waals surface area contributed by atoms with Gasteiger partial charge in [-0.15, -0.1) is 0 Å². The fraction of sp³-hybridized carbons (Fsp3) is 0.805. The average Bonchev–Trinajstić information content (AvgIpc) is 3.13. The summed E-state index contributed by atoms with van der Waals surface area (Å²) in [6, 6.07) is 0. The summed E-state index contributed by atoms with van der Waals surface area (Å²) in [6.45, 7) is 3.66. The molecule has 0 aromatic carbocycles. The number of esters is 2. The van der Waals surface area contributed by atoms with Crippen molar-refractivity contribution in [3.05, 3.63) is 36.5 Å². The third kappa shape index (κ3) is 26.6. The number of carbonyl (C=O) groups is 2. The molecule has 1 heterocycles. The highest BCUT2D eigenvalue weighted by Gasteiger charge is 2.46. The van der Waals surface area contributed by atoms with Crippen molar-refractivity contribution in [2.24, 2.45) is 0 Å². The third-order valence-electron chi connectivity index (χ3n) is 9.22. The topological polar surface area (TPSA) is 186 Å². The van der Waals surface area contributed by atoms with E-state index in [4.69, 9.17) is 18.9 Å². The number of aliphatic hydroxyl groups is 3. The number of allylic oxidation sites excluding steroid dienone is 6. The van der Waals surface area contributed by atoms with Gasteiger partial charge in [-0.2, -0.15) is 8.42 Å². The van der Waals surface area contributed by atoms with E-state index in [0.717, 1.165) is 51.4 Å². The maximum Gasteiger partial charge on any atom is 0.306 e. The zero-order valence-corrected chi connectivity index (χ0v) is 33.9. The quantitative estimate of drug-likeness (QED) is 0.0223. The molecule has 12 nitrogen and oxygen atoms in total. The second-order valence-corrected chi connectivity index (χ2v) is 15.8. The summed E-state index contributed by atoms with van der Waals surface area (Å²) in [5, 5.41) is 30.8. The Morgan fingerprint density at radius 3 is 1.69 bits per heavy atom. The van der Waals surface area contributed by atoms with Gasteiger partial charge in [-0.1, -0.05) is 127 Å². The second-order valence-electron chi connectivity index (χ2n) is 14.3. The van der Waals surface area contributed by atoms with Crippen LogP contribution in [0.15, 0.2) is 36.5 Å². The molecule has 1 fully saturated rings. The molecule has 13 heteroatoms. The first-order valence-corrected chi connectivity index (χ1v) is 22.2. The summed E-state index contributed by atoms with van der Waals surface area (Å²) in [5.74, 6) is -2.03. The molecule has 1 saturated heterocycles. The normalized spacial score (nSPS) is 21.3. The lowest BCUT2D eigenvalue weighted by Crippen LogP contribution is -2.60. The van der Waals surface area contributed by atoms with Gasteiger partial charge < -0.3 is 34.3 Å². The van der Waals surface area contributed by atoms with Gasteiger partial charge >= 0.3 is 11.9 Å². The van der Waals surface area contributed by atoms with E-state index in [1.54, 1.807) is 0 Å². The maximum atomic E-state index is 12.7. The first kappa shape index (κ1) is 49.9. The minimum Gasteiger partial charge on any atom is -0.462 e. The minimum absolute atomic E-state index is 0.158. The molecule has 0 aromatic heterocycles. The highest BCUT2D eigenvalue weighted by molar-refractivity contribution is 7.85. The molecule has 4 N–H and O–H groups in total. The summed E-state index contributed by atoms with van der Waals surface area (Å²) in [5.41, 5.74) is 0. The molecular formula is C41H72O12S. The Kier molecular flexibility index (Phi) is 29.6. The lowest BCUT2D eigenvalue weighted by atomic mass is 10.00. The molecule has 2 unspecified atom stereocenters. The van der Waals surface area contributed by atoms with Crippen molar-refractivity contribution in [2.45, 2.75) is 192 Å². The summed E-state index contributed by atoms with van der Waals surface area (Å²) in [4.78, 5) is 25.2. The Bertz CT molecular complexity index is 1150. The van der Waals surface area contributed by atoms with E-state index in [1.165, 1.54) is 64.2 Å². The second kappa shape index (κ2) is 32.0. The van der Waals surface area contributed by atoms with Crippen LogP contribution in [0.5, 0.6) is 0 Å². The van der Waals surface area contributed by atoms with Crippen LogP contribution in [0.1, 0.15) is 155 Å². The number of aliphatic hydroxyl groups excluding tert-OH is 3. The molecule has 6 atom stereocenters. The zero-order valence-electron chi connectivity index (χ0n) is 33.1. The molecule has 0 amide bonds. The zero-order chi connectivity index (χ0) is 39.9. The fourth-order valence-electron chi connectivity index (χ4n) is 5.98. The van der Waals surface area contributed by atoms with Gasteiger partial charge in [-0.25, -0.2) is 0 Å². The number of rotatable bonds is 33. The monoisotopic (exact) mass is 788 g/mol. The van der Waals surface area contributed by atoms with Gasteiger partial charge in [0.25, 0.3) is 10.1 Å². The smallest absolute Gasteiger partial charge is 0.306 e. The first-order chi connectivity index (χ1) is 26.0. The van der Waals surface area contributed by atoms with Crippen molar-refractivity contribution in [1.29, 1.82) is 0 Å². The number of unbranched alkanes of at least 4 members (excludes halogenated alkanes) is 15. The largest absolute Gasteiger partial charge is 0.462 e. The summed E-state index contributed by atoms with van der Waals surface area (Å²) in [6.07, 6.45) is 24.9. The molecule has 1 aliphatic rings. The predicted molar refractivity (Wildman–Crippen MR) is 210 cm³/mol. The molecule has 0 aromatic rings. The Morgan fingerprint density at radius 2 is 1.11 bits per heavy atom. The lowest BCUT2D eigenvalue weighted by Gasteiger charge is -2.40. The van der Waals surface area contributed by atoms with E-state index in [2.05, 4.69) is 50.3 Å². The van der Waals surface area contributed by atoms with Crippen molar-refractivity contribution in [3.63, 3.8) is 0 Å². The highest BCUT2D eigenvalue weighted by atomic mass is 32.2. The van der Waals surface area contributed by atoms with Crippen molar-refractivity contribution in [2.75, 3.05) is 19.0 Å². The van der Waals surface area contributed by atoms with Crippen molar-refractivity contribution in [3.8, 4) is 0 Å². The third-order valence-corrected chi connectivity index (χ3v) is 9.97. The van der Waals surface area contributed by atoms with Gasteiger partial charge in [-0.05, 0) is 51.4 Å². The van der Waals surface area contributed by atoms with E-state index in [-0.39, 0.29) is 19.4 Å². The Balaban J connectivity index is 2.53. The molecule has 1 rings (SSSR count). The van der Waals surface area contributed by atoms with Crippen LogP contribution in [0.2, 0.25) is 0 Å². The van der Waals surface area contributed by atoms with E-state index in [0.29, 0.717) is 12.8 Å². The van der Waals surface area contributed by atoms with Crippen LogP contribution in [-0.2, 0) is 38.7 Å². The van der Waals surface area contributed by atoms with Gasteiger partial charge in [-0.3, -0.25) is 14.1 Å². The molecular weight excluding hydrogens is 717 g/mol. The van der Waals surface area contributed by atoms with Gasteiger partial charge in [0.2, 0.25) is 0 Å². The SMILES string of the molecule is CCCCC/C=C/C/C=C/C/C=C/CCCCC(=O)OC[C@H](CO[C@H]1O[C@H](CS(=O)(=O)O)[C@@H](O)C(O)C1O)OC(=O)CCCCCCCCCCCCC. The molecule has 0 aliphatic carbocycles. The Labute approximate surface area is 325 Å². The highest BCUT2D eigenvalue weighted by Crippen LogP contribution is 2.24. The van der Waals surface area contributed by atoms with Crippen molar-refractivity contribution in [1.82, 2.24) is 0 Å². The van der Waals surface area contributed by atoms with Crippen LogP contribution in [0.4, 0.5) is 0 Å². The van der Waals surface area contributed by atoms with E-state index < -0.39 is 71.2 Å². The maximum absolute atomic E-state index is 12.7. The van der Waals surface area contributed by atoms with Gasteiger partial charge in [0.15, 0.2) is 12.4 Å². The van der Waals surface area contributed by atoms with Crippen LogP contribution >= 0.6 is 0 Å². The first-order valence-electron chi connectivity index (χ1n) is 20.5. The summed E-state index contributed by atoms with van der Waals surface area (Å²) in [7, 11) is -4.60. The molecule has 0 saturated carbocycles. The molecule has 0 radical (unpaired) electrons. The molecule has 0 spiro atoms. The van der Waals surface area contributed by atoms with E-state index >= 15 is 0 Å². The molecule has 1 aliphatic heterocycles. The summed E-state index contributed by atoms with van der Waals surface area (Å²) < 4.78 is 53.8. The number of hydrogen-bond donors (Lipinski definition) is 4. The Morgan fingerprint density at radius 1 is 0.630 bits per heavy atom. The van der Waals surface area contributed by atoms with Crippen LogP contribution in [0, 0.1) is 0 Å². The number of carbonyl (C=O) groups excluding carboxylic acids is 2. The molecule has 54 heavy (non-hydrogen) atoms. The average molecular weight is 789 g/mol. The number of hydrogen-bond acceptors (Lipinski definition) is 11. The molecule has 0 bridgehead atoms. The standard InChI is InChI=1S/C41H72O12S/c1-3-5-7-9-11-13-15-16-17-18-20-21-23-25-27-29-36(42)50-31-34(52-37(43)30-28-26-24-22-19-14-12-10-8-6-4-2)32-51-41-40(46)39(45)38(44)35(53-41)33-54(47,48)49/h11,13,16-17,20-21,34-35,38-41,44-46H,3-10,12,14-15,18-19,22-33H2,1-2H3,(H,47,48,49)/b13-11+,17-16+,21-20+/t34-,35-,38-,39?,40?,41+/m1/s1. The predicted octanol–water partition coefficient (Wildman–Crippen LogP) is 7.44.